The standard InChI is InChI=1S/C13H19BrN2O/c1-2-15-7-6-13(4-3-5-13)17-12-8-11(14)9-16-10-12/h8-10,15H,2-7H2,1H3. The van der Waals surface area contributed by atoms with Crippen LogP contribution in [-0.2, 0) is 0 Å². The third kappa shape index (κ3) is 3.42. The Kier molecular flexibility index (Phi) is 4.40. The van der Waals surface area contributed by atoms with Crippen molar-refractivity contribution in [2.75, 3.05) is 13.1 Å². The first-order valence-corrected chi connectivity index (χ1v) is 7.04. The third-order valence-corrected chi connectivity index (χ3v) is 3.72. The number of hydrogen-bond donors (Lipinski definition) is 1. The van der Waals surface area contributed by atoms with Gasteiger partial charge in [0.05, 0.1) is 6.20 Å². The molecule has 2 rings (SSSR count). The number of halogens is 1. The molecule has 1 aromatic rings. The minimum absolute atomic E-state index is 0.0463. The summed E-state index contributed by atoms with van der Waals surface area (Å²) in [5.41, 5.74) is 0.0463. The quantitative estimate of drug-likeness (QED) is 0.819. The smallest absolute Gasteiger partial charge is 0.139 e. The van der Waals surface area contributed by atoms with Crippen LogP contribution in [0.25, 0.3) is 0 Å². The molecular weight excluding hydrogens is 280 g/mol. The molecule has 1 aromatic heterocycles. The Balaban J connectivity index is 1.94. The number of ether oxygens (including phenoxy) is 1. The second kappa shape index (κ2) is 5.83. The van der Waals surface area contributed by atoms with Crippen molar-refractivity contribution in [2.24, 2.45) is 0 Å². The Hall–Kier alpha value is -0.610. The first-order chi connectivity index (χ1) is 8.24. The van der Waals surface area contributed by atoms with E-state index < -0.39 is 0 Å². The fourth-order valence-electron chi connectivity index (χ4n) is 2.17. The Morgan fingerprint density at radius 2 is 2.29 bits per heavy atom. The van der Waals surface area contributed by atoms with Crippen LogP contribution in [0.3, 0.4) is 0 Å². The molecule has 0 amide bonds. The van der Waals surface area contributed by atoms with E-state index in [-0.39, 0.29) is 5.60 Å². The van der Waals surface area contributed by atoms with E-state index in [2.05, 4.69) is 33.2 Å². The van der Waals surface area contributed by atoms with Crippen molar-refractivity contribution in [2.45, 2.75) is 38.2 Å². The lowest BCUT2D eigenvalue weighted by Gasteiger charge is -2.42. The summed E-state index contributed by atoms with van der Waals surface area (Å²) < 4.78 is 7.10. The molecule has 0 atom stereocenters. The zero-order chi connectivity index (χ0) is 12.1. The molecule has 0 saturated heterocycles. The molecule has 0 aliphatic heterocycles. The maximum Gasteiger partial charge on any atom is 0.139 e. The third-order valence-electron chi connectivity index (χ3n) is 3.29. The van der Waals surface area contributed by atoms with Gasteiger partial charge in [0.2, 0.25) is 0 Å². The van der Waals surface area contributed by atoms with Gasteiger partial charge in [0.15, 0.2) is 0 Å². The second-order valence-corrected chi connectivity index (χ2v) is 5.50. The number of rotatable bonds is 6. The summed E-state index contributed by atoms with van der Waals surface area (Å²) in [5, 5.41) is 3.36. The minimum Gasteiger partial charge on any atom is -0.486 e. The first-order valence-electron chi connectivity index (χ1n) is 6.24. The fourth-order valence-corrected chi connectivity index (χ4v) is 2.51. The number of nitrogens with one attached hydrogen (secondary N) is 1. The minimum atomic E-state index is 0.0463. The lowest BCUT2D eigenvalue weighted by atomic mass is 9.77. The summed E-state index contributed by atoms with van der Waals surface area (Å²) in [5.74, 6) is 0.871. The van der Waals surface area contributed by atoms with Crippen molar-refractivity contribution >= 4 is 15.9 Å². The molecule has 0 spiro atoms. The van der Waals surface area contributed by atoms with Gasteiger partial charge in [-0.15, -0.1) is 0 Å². The highest BCUT2D eigenvalue weighted by molar-refractivity contribution is 9.10. The van der Waals surface area contributed by atoms with E-state index in [1.54, 1.807) is 12.4 Å². The molecule has 1 heterocycles. The average molecular weight is 299 g/mol. The van der Waals surface area contributed by atoms with E-state index in [0.29, 0.717) is 0 Å². The van der Waals surface area contributed by atoms with Crippen LogP contribution < -0.4 is 10.1 Å². The van der Waals surface area contributed by atoms with E-state index in [1.807, 2.05) is 6.07 Å². The molecule has 1 aliphatic carbocycles. The van der Waals surface area contributed by atoms with Crippen LogP contribution in [-0.4, -0.2) is 23.7 Å². The van der Waals surface area contributed by atoms with Gasteiger partial charge in [-0.1, -0.05) is 6.92 Å². The number of pyridine rings is 1. The van der Waals surface area contributed by atoms with Crippen LogP contribution >= 0.6 is 15.9 Å². The van der Waals surface area contributed by atoms with Crippen molar-refractivity contribution in [3.63, 3.8) is 0 Å². The highest BCUT2D eigenvalue weighted by Gasteiger charge is 2.38. The number of aromatic nitrogens is 1. The van der Waals surface area contributed by atoms with E-state index in [0.717, 1.165) is 42.6 Å². The summed E-state index contributed by atoms with van der Waals surface area (Å²) in [6, 6.07) is 1.99. The van der Waals surface area contributed by atoms with Crippen molar-refractivity contribution in [1.82, 2.24) is 10.3 Å². The fraction of sp³-hybridized carbons (Fsp3) is 0.615. The molecule has 1 saturated carbocycles. The Bertz CT molecular complexity index is 366. The molecule has 3 nitrogen and oxygen atoms in total. The molecule has 0 bridgehead atoms. The second-order valence-electron chi connectivity index (χ2n) is 4.58. The van der Waals surface area contributed by atoms with E-state index in [1.165, 1.54) is 6.42 Å². The molecule has 1 N–H and O–H groups in total. The average Bonchev–Trinajstić information content (AvgIpc) is 2.26. The van der Waals surface area contributed by atoms with Gasteiger partial charge >= 0.3 is 0 Å². The normalized spacial score (nSPS) is 17.5. The van der Waals surface area contributed by atoms with Gasteiger partial charge in [0.1, 0.15) is 11.4 Å². The van der Waals surface area contributed by atoms with E-state index in [9.17, 15) is 0 Å². The largest absolute Gasteiger partial charge is 0.486 e. The van der Waals surface area contributed by atoms with Gasteiger partial charge < -0.3 is 10.1 Å². The zero-order valence-corrected chi connectivity index (χ0v) is 11.8. The Labute approximate surface area is 111 Å². The molecule has 1 fully saturated rings. The van der Waals surface area contributed by atoms with Crippen LogP contribution in [0.5, 0.6) is 5.75 Å². The molecule has 17 heavy (non-hydrogen) atoms. The lowest BCUT2D eigenvalue weighted by Crippen LogP contribution is -2.45. The molecule has 0 radical (unpaired) electrons. The predicted octanol–water partition coefficient (Wildman–Crippen LogP) is 3.15. The van der Waals surface area contributed by atoms with Gasteiger partial charge in [-0.3, -0.25) is 4.98 Å². The summed E-state index contributed by atoms with van der Waals surface area (Å²) in [6.45, 7) is 4.18. The summed E-state index contributed by atoms with van der Waals surface area (Å²) in [6.07, 6.45) is 8.23. The van der Waals surface area contributed by atoms with Crippen LogP contribution in [0, 0.1) is 0 Å². The molecule has 1 aliphatic rings. The number of nitrogens with zero attached hydrogens (tertiary/aromatic N) is 1. The summed E-state index contributed by atoms with van der Waals surface area (Å²) in [4.78, 5) is 4.14. The van der Waals surface area contributed by atoms with Crippen molar-refractivity contribution < 1.29 is 4.74 Å². The maximum absolute atomic E-state index is 6.13. The van der Waals surface area contributed by atoms with E-state index >= 15 is 0 Å². The molecule has 0 unspecified atom stereocenters. The van der Waals surface area contributed by atoms with Gasteiger partial charge in [-0.05, 0) is 60.8 Å². The monoisotopic (exact) mass is 298 g/mol. The molecule has 4 heteroatoms. The van der Waals surface area contributed by atoms with Gasteiger partial charge in [-0.25, -0.2) is 0 Å². The van der Waals surface area contributed by atoms with Gasteiger partial charge in [0, 0.05) is 10.7 Å². The molecule has 0 aromatic carbocycles. The predicted molar refractivity (Wildman–Crippen MR) is 72.3 cm³/mol. The summed E-state index contributed by atoms with van der Waals surface area (Å²) >= 11 is 3.42. The van der Waals surface area contributed by atoms with Gasteiger partial charge in [0.25, 0.3) is 0 Å². The lowest BCUT2D eigenvalue weighted by molar-refractivity contribution is -0.0144. The van der Waals surface area contributed by atoms with Crippen molar-refractivity contribution in [3.8, 4) is 5.75 Å². The van der Waals surface area contributed by atoms with Crippen LogP contribution in [0.15, 0.2) is 22.9 Å². The van der Waals surface area contributed by atoms with E-state index in [4.69, 9.17) is 4.74 Å². The summed E-state index contributed by atoms with van der Waals surface area (Å²) in [7, 11) is 0. The molecule has 94 valence electrons. The number of hydrogen-bond acceptors (Lipinski definition) is 3. The van der Waals surface area contributed by atoms with Crippen LogP contribution in [0.2, 0.25) is 0 Å². The van der Waals surface area contributed by atoms with Crippen LogP contribution in [0.1, 0.15) is 32.6 Å². The van der Waals surface area contributed by atoms with Crippen LogP contribution in [0.4, 0.5) is 0 Å². The maximum atomic E-state index is 6.13. The van der Waals surface area contributed by atoms with Crippen molar-refractivity contribution in [1.29, 1.82) is 0 Å². The Morgan fingerprint density at radius 1 is 1.47 bits per heavy atom. The zero-order valence-electron chi connectivity index (χ0n) is 10.2. The molecular formula is C13H19BrN2O. The highest BCUT2D eigenvalue weighted by Crippen LogP contribution is 2.39. The van der Waals surface area contributed by atoms with Crippen molar-refractivity contribution in [3.05, 3.63) is 22.9 Å². The topological polar surface area (TPSA) is 34.1 Å². The SMILES string of the molecule is CCNCCC1(Oc2cncc(Br)c2)CCC1. The van der Waals surface area contributed by atoms with Gasteiger partial charge in [-0.2, -0.15) is 0 Å². The highest BCUT2D eigenvalue weighted by atomic mass is 79.9. The Morgan fingerprint density at radius 3 is 2.88 bits per heavy atom. The first kappa shape index (κ1) is 12.8.